The molecule has 3 atom stereocenters. The van der Waals surface area contributed by atoms with Gasteiger partial charge in [-0.05, 0) is 18.8 Å². The van der Waals surface area contributed by atoms with E-state index in [4.69, 9.17) is 0 Å². The molecule has 0 aromatic rings. The zero-order chi connectivity index (χ0) is 15.3. The average Bonchev–Trinajstić information content (AvgIpc) is 2.72. The van der Waals surface area contributed by atoms with Crippen LogP contribution in [-0.4, -0.2) is 43.3 Å². The molecule has 2 aliphatic rings. The third kappa shape index (κ3) is 2.61. The van der Waals surface area contributed by atoms with Gasteiger partial charge in [-0.3, -0.25) is 4.79 Å². The molecule has 0 aromatic heterocycles. The molecule has 4 nitrogen and oxygen atoms in total. The van der Waals surface area contributed by atoms with E-state index >= 15 is 0 Å². The zero-order valence-corrected chi connectivity index (χ0v) is 14.0. The Morgan fingerprint density at radius 1 is 1.25 bits per heavy atom. The van der Waals surface area contributed by atoms with Crippen molar-refractivity contribution in [3.63, 3.8) is 0 Å². The summed E-state index contributed by atoms with van der Waals surface area (Å²) in [5.41, 5.74) is 0.142. The highest BCUT2D eigenvalue weighted by molar-refractivity contribution is 7.91. The SMILES string of the molecule is CC(C)C1N(C(=O)C2CCCC2S(C)(=O)=O)CC1(C)C. The van der Waals surface area contributed by atoms with Gasteiger partial charge < -0.3 is 4.90 Å². The Hall–Kier alpha value is -0.580. The lowest BCUT2D eigenvalue weighted by Crippen LogP contribution is -2.67. The maximum absolute atomic E-state index is 12.7. The summed E-state index contributed by atoms with van der Waals surface area (Å²) in [7, 11) is -3.13. The first-order valence-corrected chi connectivity index (χ1v) is 9.50. The van der Waals surface area contributed by atoms with Crippen molar-refractivity contribution in [3.8, 4) is 0 Å². The Morgan fingerprint density at radius 2 is 1.85 bits per heavy atom. The Kier molecular flexibility index (Phi) is 3.95. The maximum Gasteiger partial charge on any atom is 0.227 e. The molecular formula is C15H27NO3S. The number of hydrogen-bond acceptors (Lipinski definition) is 3. The van der Waals surface area contributed by atoms with E-state index in [1.54, 1.807) is 0 Å². The first-order chi connectivity index (χ1) is 9.05. The molecule has 0 radical (unpaired) electrons. The third-order valence-corrected chi connectivity index (χ3v) is 6.61. The number of amides is 1. The number of nitrogens with zero attached hydrogens (tertiary/aromatic N) is 1. The van der Waals surface area contributed by atoms with Crippen molar-refractivity contribution in [1.29, 1.82) is 0 Å². The average molecular weight is 301 g/mol. The lowest BCUT2D eigenvalue weighted by atomic mass is 9.69. The Morgan fingerprint density at radius 3 is 2.30 bits per heavy atom. The molecule has 1 aliphatic heterocycles. The second kappa shape index (κ2) is 5.00. The van der Waals surface area contributed by atoms with Crippen molar-refractivity contribution >= 4 is 15.7 Å². The summed E-state index contributed by atoms with van der Waals surface area (Å²) >= 11 is 0. The first-order valence-electron chi connectivity index (χ1n) is 7.55. The van der Waals surface area contributed by atoms with Gasteiger partial charge in [0.15, 0.2) is 9.84 Å². The van der Waals surface area contributed by atoms with E-state index in [-0.39, 0.29) is 23.3 Å². The molecule has 1 aliphatic carbocycles. The van der Waals surface area contributed by atoms with Crippen molar-refractivity contribution in [2.45, 2.75) is 58.2 Å². The lowest BCUT2D eigenvalue weighted by Gasteiger charge is -2.57. The molecule has 20 heavy (non-hydrogen) atoms. The molecule has 2 rings (SSSR count). The molecule has 1 amide bonds. The van der Waals surface area contributed by atoms with Gasteiger partial charge in [-0.2, -0.15) is 0 Å². The van der Waals surface area contributed by atoms with E-state index in [1.807, 2.05) is 4.90 Å². The predicted molar refractivity (Wildman–Crippen MR) is 80.1 cm³/mol. The van der Waals surface area contributed by atoms with Gasteiger partial charge in [0.25, 0.3) is 0 Å². The number of hydrogen-bond donors (Lipinski definition) is 0. The van der Waals surface area contributed by atoms with Gasteiger partial charge in [0.05, 0.1) is 11.2 Å². The van der Waals surface area contributed by atoms with Crippen LogP contribution < -0.4 is 0 Å². The highest BCUT2D eigenvalue weighted by Crippen LogP contribution is 2.44. The topological polar surface area (TPSA) is 54.5 Å². The molecule has 0 bridgehead atoms. The van der Waals surface area contributed by atoms with Gasteiger partial charge in [0.2, 0.25) is 5.91 Å². The quantitative estimate of drug-likeness (QED) is 0.802. The van der Waals surface area contributed by atoms with Crippen LogP contribution in [0.2, 0.25) is 0 Å². The van der Waals surface area contributed by atoms with Crippen LogP contribution in [0.5, 0.6) is 0 Å². The molecule has 116 valence electrons. The summed E-state index contributed by atoms with van der Waals surface area (Å²) in [6, 6.07) is 0.232. The maximum atomic E-state index is 12.7. The molecule has 1 heterocycles. The molecule has 0 N–H and O–H groups in total. The highest BCUT2D eigenvalue weighted by atomic mass is 32.2. The minimum Gasteiger partial charge on any atom is -0.338 e. The van der Waals surface area contributed by atoms with Gasteiger partial charge in [-0.1, -0.05) is 34.1 Å². The number of likely N-dealkylation sites (tertiary alicyclic amines) is 1. The van der Waals surface area contributed by atoms with Crippen LogP contribution in [0.25, 0.3) is 0 Å². The molecule has 0 aromatic carbocycles. The van der Waals surface area contributed by atoms with Gasteiger partial charge in [-0.25, -0.2) is 8.42 Å². The van der Waals surface area contributed by atoms with Crippen LogP contribution in [0.1, 0.15) is 47.0 Å². The third-order valence-electron chi connectivity index (χ3n) is 4.95. The van der Waals surface area contributed by atoms with Crippen molar-refractivity contribution in [3.05, 3.63) is 0 Å². The summed E-state index contributed by atoms with van der Waals surface area (Å²) in [6.45, 7) is 9.39. The van der Waals surface area contributed by atoms with Crippen molar-refractivity contribution in [1.82, 2.24) is 4.90 Å². The zero-order valence-electron chi connectivity index (χ0n) is 13.2. The van der Waals surface area contributed by atoms with E-state index in [2.05, 4.69) is 27.7 Å². The monoisotopic (exact) mass is 301 g/mol. The lowest BCUT2D eigenvalue weighted by molar-refractivity contribution is -0.159. The predicted octanol–water partition coefficient (Wildman–Crippen LogP) is 2.09. The summed E-state index contributed by atoms with van der Waals surface area (Å²) in [4.78, 5) is 14.7. The van der Waals surface area contributed by atoms with Gasteiger partial charge in [0.1, 0.15) is 0 Å². The molecule has 1 saturated carbocycles. The van der Waals surface area contributed by atoms with Crippen LogP contribution in [0, 0.1) is 17.3 Å². The van der Waals surface area contributed by atoms with Crippen LogP contribution >= 0.6 is 0 Å². The fraction of sp³-hybridized carbons (Fsp3) is 0.933. The van der Waals surface area contributed by atoms with Gasteiger partial charge in [-0.15, -0.1) is 0 Å². The van der Waals surface area contributed by atoms with Crippen LogP contribution in [0.3, 0.4) is 0 Å². The smallest absolute Gasteiger partial charge is 0.227 e. The first kappa shape index (κ1) is 15.8. The standard InChI is InChI=1S/C15H27NO3S/c1-10(2)13-15(3,4)9-16(13)14(17)11-7-6-8-12(11)20(5,18)19/h10-13H,6-9H2,1-5H3. The number of rotatable bonds is 3. The minimum absolute atomic E-state index is 0.0657. The van der Waals surface area contributed by atoms with Crippen LogP contribution in [0.15, 0.2) is 0 Å². The van der Waals surface area contributed by atoms with Crippen molar-refractivity contribution < 1.29 is 13.2 Å². The fourth-order valence-corrected chi connectivity index (χ4v) is 5.80. The summed E-state index contributed by atoms with van der Waals surface area (Å²) in [6.07, 6.45) is 3.47. The summed E-state index contributed by atoms with van der Waals surface area (Å²) in [5.74, 6) is 0.152. The van der Waals surface area contributed by atoms with E-state index in [9.17, 15) is 13.2 Å². The van der Waals surface area contributed by atoms with E-state index in [1.165, 1.54) is 6.26 Å². The fourth-order valence-electron chi connectivity index (χ4n) is 4.35. The summed E-state index contributed by atoms with van der Waals surface area (Å²) < 4.78 is 23.7. The van der Waals surface area contributed by atoms with E-state index < -0.39 is 15.1 Å². The van der Waals surface area contributed by atoms with E-state index in [0.717, 1.165) is 19.4 Å². The molecule has 5 heteroatoms. The highest BCUT2D eigenvalue weighted by Gasteiger charge is 2.52. The second-order valence-electron chi connectivity index (χ2n) is 7.55. The van der Waals surface area contributed by atoms with Gasteiger partial charge in [0, 0.05) is 24.3 Å². The number of carbonyl (C=O) groups excluding carboxylic acids is 1. The largest absolute Gasteiger partial charge is 0.338 e. The molecule has 2 fully saturated rings. The minimum atomic E-state index is -3.13. The molecule has 3 unspecified atom stereocenters. The molecule has 0 spiro atoms. The number of carbonyl (C=O) groups is 1. The normalized spacial score (nSPS) is 33.3. The van der Waals surface area contributed by atoms with Crippen LogP contribution in [0.4, 0.5) is 0 Å². The van der Waals surface area contributed by atoms with Gasteiger partial charge >= 0.3 is 0 Å². The van der Waals surface area contributed by atoms with Crippen LogP contribution in [-0.2, 0) is 14.6 Å². The van der Waals surface area contributed by atoms with Crippen molar-refractivity contribution in [2.24, 2.45) is 17.3 Å². The Labute approximate surface area is 122 Å². The Bertz CT molecular complexity index is 495. The second-order valence-corrected chi connectivity index (χ2v) is 9.81. The number of sulfone groups is 1. The van der Waals surface area contributed by atoms with E-state index in [0.29, 0.717) is 12.3 Å². The van der Waals surface area contributed by atoms with Crippen molar-refractivity contribution in [2.75, 3.05) is 12.8 Å². The summed E-state index contributed by atoms with van der Waals surface area (Å²) in [5, 5.41) is -0.466. The molecule has 1 saturated heterocycles. The Balaban J connectivity index is 2.16. The molecular weight excluding hydrogens is 274 g/mol.